The second kappa shape index (κ2) is 4.15. The van der Waals surface area contributed by atoms with Gasteiger partial charge in [-0.15, -0.1) is 11.3 Å². The number of pyridine rings is 1. The van der Waals surface area contributed by atoms with E-state index >= 15 is 0 Å². The van der Waals surface area contributed by atoms with Crippen molar-refractivity contribution < 1.29 is 0 Å². The van der Waals surface area contributed by atoms with Crippen LogP contribution in [-0.4, -0.2) is 9.97 Å². The highest BCUT2D eigenvalue weighted by Crippen LogP contribution is 2.32. The number of hydrogen-bond acceptors (Lipinski definition) is 4. The Labute approximate surface area is 109 Å². The molecule has 3 rings (SSSR count). The van der Waals surface area contributed by atoms with Crippen LogP contribution in [0.15, 0.2) is 48.8 Å². The lowest BCUT2D eigenvalue weighted by Crippen LogP contribution is -2.34. The van der Waals surface area contributed by atoms with E-state index < -0.39 is 5.54 Å². The molecule has 0 aliphatic carbocycles. The van der Waals surface area contributed by atoms with Gasteiger partial charge in [-0.05, 0) is 18.6 Å². The molecule has 0 saturated carbocycles. The van der Waals surface area contributed by atoms with Crippen molar-refractivity contribution in [3.05, 3.63) is 59.4 Å². The average molecular weight is 255 g/mol. The zero-order valence-corrected chi connectivity index (χ0v) is 10.8. The Balaban J connectivity index is 2.13. The Bertz CT molecular complexity index is 641. The maximum Gasteiger partial charge on any atom is 0.118 e. The van der Waals surface area contributed by atoms with Crippen LogP contribution in [0.25, 0.3) is 10.2 Å². The molecule has 0 saturated heterocycles. The monoisotopic (exact) mass is 255 g/mol. The van der Waals surface area contributed by atoms with E-state index in [1.54, 1.807) is 23.7 Å². The molecule has 18 heavy (non-hydrogen) atoms. The summed E-state index contributed by atoms with van der Waals surface area (Å²) in [5.41, 5.74) is 7.86. The molecule has 2 heterocycles. The van der Waals surface area contributed by atoms with Crippen molar-refractivity contribution in [2.75, 3.05) is 0 Å². The van der Waals surface area contributed by atoms with E-state index in [4.69, 9.17) is 5.73 Å². The Morgan fingerprint density at radius 2 is 1.94 bits per heavy atom. The van der Waals surface area contributed by atoms with Gasteiger partial charge in [0.15, 0.2) is 0 Å². The fraction of sp³-hybridized carbons (Fsp3) is 0.143. The molecule has 0 amide bonds. The molecular formula is C14H13N3S. The summed E-state index contributed by atoms with van der Waals surface area (Å²) in [6, 6.07) is 12.0. The van der Waals surface area contributed by atoms with E-state index in [9.17, 15) is 0 Å². The Morgan fingerprint density at radius 3 is 2.67 bits per heavy atom. The molecule has 0 radical (unpaired) electrons. The molecule has 1 atom stereocenters. The van der Waals surface area contributed by atoms with Crippen molar-refractivity contribution >= 4 is 21.6 Å². The number of benzene rings is 1. The summed E-state index contributed by atoms with van der Waals surface area (Å²) in [5, 5.41) is 0.914. The molecule has 1 unspecified atom stereocenters. The number of thiazole rings is 1. The van der Waals surface area contributed by atoms with Crippen LogP contribution in [0.3, 0.4) is 0 Å². The second-order valence-electron chi connectivity index (χ2n) is 4.43. The van der Waals surface area contributed by atoms with Crippen LogP contribution >= 0.6 is 11.3 Å². The van der Waals surface area contributed by atoms with E-state index in [2.05, 4.69) is 9.97 Å². The first-order chi connectivity index (χ1) is 8.68. The number of nitrogens with two attached hydrogens (primary N) is 1. The van der Waals surface area contributed by atoms with Gasteiger partial charge in [0, 0.05) is 6.20 Å². The molecule has 2 aromatic heterocycles. The van der Waals surface area contributed by atoms with Gasteiger partial charge in [0.1, 0.15) is 5.01 Å². The summed E-state index contributed by atoms with van der Waals surface area (Å²) < 4.78 is 1.12. The van der Waals surface area contributed by atoms with Crippen LogP contribution in [0.2, 0.25) is 0 Å². The minimum absolute atomic E-state index is 0.565. The van der Waals surface area contributed by atoms with E-state index in [-0.39, 0.29) is 0 Å². The molecule has 90 valence electrons. The zero-order valence-electron chi connectivity index (χ0n) is 10.00. The molecule has 3 aromatic rings. The molecule has 0 bridgehead atoms. The quantitative estimate of drug-likeness (QED) is 0.766. The highest BCUT2D eigenvalue weighted by atomic mass is 32.1. The van der Waals surface area contributed by atoms with Crippen molar-refractivity contribution in [2.45, 2.75) is 12.5 Å². The van der Waals surface area contributed by atoms with Crippen LogP contribution in [0.4, 0.5) is 0 Å². The summed E-state index contributed by atoms with van der Waals surface area (Å²) in [5.74, 6) is 0. The summed E-state index contributed by atoms with van der Waals surface area (Å²) in [6.07, 6.45) is 3.55. The van der Waals surface area contributed by atoms with Gasteiger partial charge in [-0.25, -0.2) is 4.98 Å². The first kappa shape index (κ1) is 11.3. The SMILES string of the molecule is CC(N)(c1ccccc1)c1nc2cnccc2s1. The minimum atomic E-state index is -0.565. The standard InChI is InChI=1S/C14H13N3S/c1-14(15,10-5-3-2-4-6-10)13-17-11-9-16-8-7-12(11)18-13/h2-9H,15H2,1H3. The third-order valence-corrected chi connectivity index (χ3v) is 4.28. The molecule has 0 aliphatic heterocycles. The highest BCUT2D eigenvalue weighted by Gasteiger charge is 2.27. The summed E-state index contributed by atoms with van der Waals surface area (Å²) in [4.78, 5) is 8.68. The van der Waals surface area contributed by atoms with Crippen molar-refractivity contribution in [1.29, 1.82) is 0 Å². The maximum absolute atomic E-state index is 6.45. The summed E-state index contributed by atoms with van der Waals surface area (Å²) in [7, 11) is 0. The van der Waals surface area contributed by atoms with Crippen LogP contribution in [0.1, 0.15) is 17.5 Å². The van der Waals surface area contributed by atoms with Gasteiger partial charge in [0.2, 0.25) is 0 Å². The number of fused-ring (bicyclic) bond motifs is 1. The van der Waals surface area contributed by atoms with Gasteiger partial charge in [0.25, 0.3) is 0 Å². The lowest BCUT2D eigenvalue weighted by molar-refractivity contribution is 0.600. The number of aromatic nitrogens is 2. The molecule has 3 nitrogen and oxygen atoms in total. The number of hydrogen-bond donors (Lipinski definition) is 1. The third-order valence-electron chi connectivity index (χ3n) is 3.01. The second-order valence-corrected chi connectivity index (χ2v) is 5.46. The molecule has 1 aromatic carbocycles. The Morgan fingerprint density at radius 1 is 1.17 bits per heavy atom. The van der Waals surface area contributed by atoms with E-state index in [1.165, 1.54) is 0 Å². The van der Waals surface area contributed by atoms with Crippen LogP contribution in [0.5, 0.6) is 0 Å². The van der Waals surface area contributed by atoms with Gasteiger partial charge in [-0.1, -0.05) is 30.3 Å². The number of rotatable bonds is 2. The first-order valence-corrected chi connectivity index (χ1v) is 6.55. The van der Waals surface area contributed by atoms with Gasteiger partial charge >= 0.3 is 0 Å². The highest BCUT2D eigenvalue weighted by molar-refractivity contribution is 7.18. The minimum Gasteiger partial charge on any atom is -0.316 e. The molecule has 0 aliphatic rings. The van der Waals surface area contributed by atoms with E-state index in [1.807, 2.05) is 43.3 Å². The van der Waals surface area contributed by atoms with E-state index in [0.717, 1.165) is 20.8 Å². The predicted molar refractivity (Wildman–Crippen MR) is 74.5 cm³/mol. The lowest BCUT2D eigenvalue weighted by Gasteiger charge is -2.22. The van der Waals surface area contributed by atoms with Crippen molar-refractivity contribution in [3.63, 3.8) is 0 Å². The smallest absolute Gasteiger partial charge is 0.118 e. The fourth-order valence-electron chi connectivity index (χ4n) is 1.91. The van der Waals surface area contributed by atoms with Crippen LogP contribution in [0, 0.1) is 0 Å². The lowest BCUT2D eigenvalue weighted by atomic mass is 9.94. The Kier molecular flexibility index (Phi) is 2.61. The maximum atomic E-state index is 6.45. The molecule has 0 spiro atoms. The largest absolute Gasteiger partial charge is 0.316 e. The molecule has 4 heteroatoms. The van der Waals surface area contributed by atoms with E-state index in [0.29, 0.717) is 0 Å². The van der Waals surface area contributed by atoms with Crippen molar-refractivity contribution in [2.24, 2.45) is 5.73 Å². The number of nitrogens with zero attached hydrogens (tertiary/aromatic N) is 2. The average Bonchev–Trinajstić information content (AvgIpc) is 2.84. The molecule has 2 N–H and O–H groups in total. The normalized spacial score (nSPS) is 14.6. The molecular weight excluding hydrogens is 242 g/mol. The summed E-state index contributed by atoms with van der Waals surface area (Å²) >= 11 is 1.62. The van der Waals surface area contributed by atoms with Gasteiger partial charge < -0.3 is 5.73 Å². The van der Waals surface area contributed by atoms with Gasteiger partial charge in [-0.2, -0.15) is 0 Å². The topological polar surface area (TPSA) is 51.8 Å². The zero-order chi connectivity index (χ0) is 12.6. The predicted octanol–water partition coefficient (Wildman–Crippen LogP) is 2.91. The summed E-state index contributed by atoms with van der Waals surface area (Å²) in [6.45, 7) is 1.99. The van der Waals surface area contributed by atoms with Crippen molar-refractivity contribution in [3.8, 4) is 0 Å². The fourth-order valence-corrected chi connectivity index (χ4v) is 2.92. The Hall–Kier alpha value is -1.78. The first-order valence-electron chi connectivity index (χ1n) is 5.73. The molecule has 0 fully saturated rings. The van der Waals surface area contributed by atoms with Crippen molar-refractivity contribution in [1.82, 2.24) is 9.97 Å². The van der Waals surface area contributed by atoms with Gasteiger partial charge in [0.05, 0.1) is 22.0 Å². The third kappa shape index (κ3) is 1.79. The van der Waals surface area contributed by atoms with Crippen LogP contribution in [-0.2, 0) is 5.54 Å². The van der Waals surface area contributed by atoms with Crippen LogP contribution < -0.4 is 5.73 Å². The van der Waals surface area contributed by atoms with Gasteiger partial charge in [-0.3, -0.25) is 4.98 Å².